The fourth-order valence-corrected chi connectivity index (χ4v) is 1.24. The zero-order valence-electron chi connectivity index (χ0n) is 8.97. The average molecular weight is 240 g/mol. The van der Waals surface area contributed by atoms with E-state index in [2.05, 4.69) is 11.2 Å². The lowest BCUT2D eigenvalue weighted by molar-refractivity contribution is 0.0926. The van der Waals surface area contributed by atoms with Crippen LogP contribution in [0, 0.1) is 18.2 Å². The van der Waals surface area contributed by atoms with Gasteiger partial charge in [-0.15, -0.1) is 6.42 Å². The Hall–Kier alpha value is -1.53. The molecule has 4 heteroatoms. The smallest absolute Gasteiger partial charge is 0.255 e. The molecule has 16 heavy (non-hydrogen) atoms. The third kappa shape index (κ3) is 2.74. The minimum atomic E-state index is -0.828. The molecule has 1 rings (SSSR count). The van der Waals surface area contributed by atoms with E-state index in [1.54, 1.807) is 13.8 Å². The lowest BCUT2D eigenvalue weighted by Crippen LogP contribution is -2.42. The van der Waals surface area contributed by atoms with Gasteiger partial charge in [0.2, 0.25) is 0 Å². The van der Waals surface area contributed by atoms with E-state index in [0.717, 1.165) is 0 Å². The van der Waals surface area contributed by atoms with Crippen molar-refractivity contribution in [2.24, 2.45) is 0 Å². The van der Waals surface area contributed by atoms with Gasteiger partial charge in [-0.2, -0.15) is 0 Å². The summed E-state index contributed by atoms with van der Waals surface area (Å²) >= 11 is 5.57. The summed E-state index contributed by atoms with van der Waals surface area (Å²) < 4.78 is 13.5. The van der Waals surface area contributed by atoms with E-state index in [0.29, 0.717) is 0 Å². The first-order chi connectivity index (χ1) is 7.37. The van der Waals surface area contributed by atoms with Gasteiger partial charge in [0, 0.05) is 0 Å². The van der Waals surface area contributed by atoms with Crippen molar-refractivity contribution in [3.05, 3.63) is 34.6 Å². The van der Waals surface area contributed by atoms with E-state index in [4.69, 9.17) is 18.0 Å². The van der Waals surface area contributed by atoms with Crippen molar-refractivity contribution in [2.75, 3.05) is 0 Å². The van der Waals surface area contributed by atoms with Gasteiger partial charge in [-0.25, -0.2) is 4.39 Å². The van der Waals surface area contributed by atoms with E-state index in [1.165, 1.54) is 18.2 Å². The van der Waals surface area contributed by atoms with Crippen LogP contribution in [-0.4, -0.2) is 11.4 Å². The summed E-state index contributed by atoms with van der Waals surface area (Å²) in [6.07, 6.45) is 5.22. The van der Waals surface area contributed by atoms with Crippen LogP contribution in [0.5, 0.6) is 0 Å². The summed E-state index contributed by atoms with van der Waals surface area (Å²) in [5.74, 6) is 1.07. The highest BCUT2D eigenvalue weighted by atomic mass is 35.5. The molecule has 84 valence electrons. The maximum Gasteiger partial charge on any atom is 0.255 e. The number of benzene rings is 1. The second kappa shape index (κ2) is 4.54. The molecule has 2 nitrogen and oxygen atoms in total. The zero-order chi connectivity index (χ0) is 12.3. The van der Waals surface area contributed by atoms with Gasteiger partial charge in [-0.05, 0) is 26.0 Å². The highest BCUT2D eigenvalue weighted by molar-refractivity contribution is 6.31. The van der Waals surface area contributed by atoms with E-state index in [9.17, 15) is 9.18 Å². The van der Waals surface area contributed by atoms with Gasteiger partial charge in [0.25, 0.3) is 5.91 Å². The van der Waals surface area contributed by atoms with Gasteiger partial charge in [-0.3, -0.25) is 4.79 Å². The molecule has 0 fully saturated rings. The molecule has 0 atom stereocenters. The van der Waals surface area contributed by atoms with Crippen LogP contribution in [0.25, 0.3) is 0 Å². The highest BCUT2D eigenvalue weighted by Gasteiger charge is 2.21. The highest BCUT2D eigenvalue weighted by Crippen LogP contribution is 2.18. The molecule has 0 aliphatic heterocycles. The molecule has 0 saturated heterocycles. The van der Waals surface area contributed by atoms with Gasteiger partial charge in [0.05, 0.1) is 16.1 Å². The molecule has 1 amide bonds. The Labute approximate surface area is 98.8 Å². The van der Waals surface area contributed by atoms with Crippen LogP contribution < -0.4 is 5.32 Å². The summed E-state index contributed by atoms with van der Waals surface area (Å²) in [4.78, 5) is 11.7. The number of terminal acetylenes is 1. The van der Waals surface area contributed by atoms with Gasteiger partial charge in [0.1, 0.15) is 0 Å². The molecule has 0 spiro atoms. The summed E-state index contributed by atoms with van der Waals surface area (Å²) in [5, 5.41) is 2.43. The van der Waals surface area contributed by atoms with E-state index in [-0.39, 0.29) is 10.6 Å². The molecule has 0 aliphatic rings. The number of hydrogen-bond donors (Lipinski definition) is 1. The minimum Gasteiger partial charge on any atom is -0.336 e. The molecule has 0 unspecified atom stereocenters. The number of halogens is 2. The Morgan fingerprint density at radius 2 is 2.19 bits per heavy atom. The predicted molar refractivity (Wildman–Crippen MR) is 61.8 cm³/mol. The van der Waals surface area contributed by atoms with Gasteiger partial charge in [-0.1, -0.05) is 23.6 Å². The molecule has 1 aromatic carbocycles. The van der Waals surface area contributed by atoms with Crippen LogP contribution in [0.3, 0.4) is 0 Å². The third-order valence-corrected chi connectivity index (χ3v) is 2.28. The predicted octanol–water partition coefficient (Wildman–Crippen LogP) is 2.62. The van der Waals surface area contributed by atoms with Crippen LogP contribution in [0.4, 0.5) is 4.39 Å². The monoisotopic (exact) mass is 239 g/mol. The Bertz CT molecular complexity index is 463. The lowest BCUT2D eigenvalue weighted by Gasteiger charge is -2.19. The summed E-state index contributed by atoms with van der Waals surface area (Å²) in [6, 6.07) is 4.23. The molecule has 0 heterocycles. The van der Waals surface area contributed by atoms with E-state index < -0.39 is 17.3 Å². The Kier molecular flexibility index (Phi) is 3.56. The molecular formula is C12H11ClFNO. The third-order valence-electron chi connectivity index (χ3n) is 1.98. The van der Waals surface area contributed by atoms with Gasteiger partial charge >= 0.3 is 0 Å². The number of amides is 1. The normalized spacial score (nSPS) is 10.7. The standard InChI is InChI=1S/C12H11ClFNO/c1-4-12(2,3)15-11(16)8-6-5-7-9(13)10(8)14/h1,5-7H,2-3H3,(H,15,16). The lowest BCUT2D eigenvalue weighted by atomic mass is 10.1. The van der Waals surface area contributed by atoms with Crippen molar-refractivity contribution in [3.63, 3.8) is 0 Å². The van der Waals surface area contributed by atoms with Crippen molar-refractivity contribution in [2.45, 2.75) is 19.4 Å². The average Bonchev–Trinajstić information content (AvgIpc) is 2.21. The number of nitrogens with one attached hydrogen (secondary N) is 1. The summed E-state index contributed by atoms with van der Waals surface area (Å²) in [6.45, 7) is 3.29. The van der Waals surface area contributed by atoms with Crippen LogP contribution >= 0.6 is 11.6 Å². The maximum absolute atomic E-state index is 13.5. The van der Waals surface area contributed by atoms with E-state index >= 15 is 0 Å². The Balaban J connectivity index is 2.99. The van der Waals surface area contributed by atoms with E-state index in [1.807, 2.05) is 0 Å². The first kappa shape index (κ1) is 12.5. The SMILES string of the molecule is C#CC(C)(C)NC(=O)c1cccc(Cl)c1F. The molecule has 0 radical (unpaired) electrons. The topological polar surface area (TPSA) is 29.1 Å². The maximum atomic E-state index is 13.5. The Morgan fingerprint density at radius 1 is 1.56 bits per heavy atom. The zero-order valence-corrected chi connectivity index (χ0v) is 9.73. The number of carbonyl (C=O) groups is 1. The number of carbonyl (C=O) groups excluding carboxylic acids is 1. The molecule has 1 N–H and O–H groups in total. The fraction of sp³-hybridized carbons (Fsp3) is 0.250. The van der Waals surface area contributed by atoms with Crippen LogP contribution in [0.2, 0.25) is 5.02 Å². The first-order valence-corrected chi connectivity index (χ1v) is 4.99. The number of hydrogen-bond acceptors (Lipinski definition) is 1. The van der Waals surface area contributed by atoms with Crippen molar-refractivity contribution in [1.29, 1.82) is 0 Å². The fourth-order valence-electron chi connectivity index (χ4n) is 1.07. The van der Waals surface area contributed by atoms with Gasteiger partial charge in [0.15, 0.2) is 5.82 Å². The van der Waals surface area contributed by atoms with Crippen molar-refractivity contribution in [1.82, 2.24) is 5.32 Å². The summed E-state index contributed by atoms with van der Waals surface area (Å²) in [5.41, 5.74) is -0.943. The van der Waals surface area contributed by atoms with Crippen molar-refractivity contribution < 1.29 is 9.18 Å². The molecule has 0 aliphatic carbocycles. The Morgan fingerprint density at radius 3 is 2.75 bits per heavy atom. The molecule has 0 saturated carbocycles. The summed E-state index contributed by atoms with van der Waals surface area (Å²) in [7, 11) is 0. The molecule has 0 aromatic heterocycles. The number of rotatable bonds is 2. The molecule has 0 bridgehead atoms. The minimum absolute atomic E-state index is 0.0915. The van der Waals surface area contributed by atoms with Gasteiger partial charge < -0.3 is 5.32 Å². The van der Waals surface area contributed by atoms with Crippen molar-refractivity contribution in [3.8, 4) is 12.3 Å². The second-order valence-corrected chi connectivity index (χ2v) is 4.23. The molecule has 1 aromatic rings. The van der Waals surface area contributed by atoms with Crippen molar-refractivity contribution >= 4 is 17.5 Å². The first-order valence-electron chi connectivity index (χ1n) is 4.61. The largest absolute Gasteiger partial charge is 0.336 e. The second-order valence-electron chi connectivity index (χ2n) is 3.82. The van der Waals surface area contributed by atoms with Crippen LogP contribution in [0.15, 0.2) is 18.2 Å². The molecular weight excluding hydrogens is 229 g/mol. The van der Waals surface area contributed by atoms with Crippen LogP contribution in [-0.2, 0) is 0 Å². The quantitative estimate of drug-likeness (QED) is 0.790. The van der Waals surface area contributed by atoms with Crippen LogP contribution in [0.1, 0.15) is 24.2 Å².